The van der Waals surface area contributed by atoms with Crippen LogP contribution in [0.5, 0.6) is 0 Å². The van der Waals surface area contributed by atoms with E-state index in [0.717, 1.165) is 16.4 Å². The Morgan fingerprint density at radius 3 is 2.75 bits per heavy atom. The minimum atomic E-state index is 0.732. The van der Waals surface area contributed by atoms with Gasteiger partial charge in [0, 0.05) is 12.5 Å². The summed E-state index contributed by atoms with van der Waals surface area (Å²) in [6.45, 7) is 3.54. The van der Waals surface area contributed by atoms with Crippen LogP contribution in [0, 0.1) is 5.92 Å². The molecular weight excluding hydrogens is 264 g/mol. The molecule has 88 valence electrons. The largest absolute Gasteiger partial charge is 0.330 e. The van der Waals surface area contributed by atoms with Gasteiger partial charge in [-0.25, -0.2) is 4.98 Å². The molecule has 2 heterocycles. The van der Waals surface area contributed by atoms with E-state index in [-0.39, 0.29) is 0 Å². The van der Waals surface area contributed by atoms with Gasteiger partial charge in [-0.1, -0.05) is 19.8 Å². The van der Waals surface area contributed by atoms with Gasteiger partial charge >= 0.3 is 0 Å². The van der Waals surface area contributed by atoms with E-state index in [1.165, 1.54) is 56.6 Å². The Morgan fingerprint density at radius 2 is 2.00 bits per heavy atom. The first kappa shape index (κ1) is 10.8. The third kappa shape index (κ3) is 1.73. The zero-order valence-corrected chi connectivity index (χ0v) is 11.5. The van der Waals surface area contributed by atoms with E-state index in [9.17, 15) is 0 Å². The number of hydrogen-bond acceptors (Lipinski definition) is 1. The number of fused-ring (bicyclic) bond motifs is 1. The molecule has 2 aliphatic rings. The van der Waals surface area contributed by atoms with Crippen molar-refractivity contribution < 1.29 is 0 Å². The maximum Gasteiger partial charge on any atom is 0.127 e. The van der Waals surface area contributed by atoms with E-state index in [2.05, 4.69) is 27.4 Å². The fourth-order valence-electron chi connectivity index (χ4n) is 3.20. The SMILES string of the molecule is CC1CCc2c(Br)nc(C3CCCC3)n2C1. The Labute approximate surface area is 106 Å². The first-order chi connectivity index (χ1) is 7.75. The van der Waals surface area contributed by atoms with Crippen molar-refractivity contribution in [2.24, 2.45) is 5.92 Å². The highest BCUT2D eigenvalue weighted by Crippen LogP contribution is 2.37. The van der Waals surface area contributed by atoms with Crippen LogP contribution in [0.3, 0.4) is 0 Å². The smallest absolute Gasteiger partial charge is 0.127 e. The van der Waals surface area contributed by atoms with Crippen LogP contribution in [0.2, 0.25) is 0 Å². The van der Waals surface area contributed by atoms with Gasteiger partial charge < -0.3 is 4.57 Å². The van der Waals surface area contributed by atoms with Crippen LogP contribution in [0.1, 0.15) is 56.5 Å². The molecule has 1 unspecified atom stereocenters. The van der Waals surface area contributed by atoms with E-state index in [1.54, 1.807) is 0 Å². The molecule has 1 aromatic rings. The third-order valence-corrected chi connectivity index (χ3v) is 4.78. The fraction of sp³-hybridized carbons (Fsp3) is 0.769. The van der Waals surface area contributed by atoms with Gasteiger partial charge in [0.05, 0.1) is 5.69 Å². The second-order valence-electron chi connectivity index (χ2n) is 5.44. The lowest BCUT2D eigenvalue weighted by atomic mass is 9.99. The standard InChI is InChI=1S/C13H19BrN2/c1-9-6-7-11-12(14)15-13(16(11)8-9)10-4-2-3-5-10/h9-10H,2-8H2,1H3. The van der Waals surface area contributed by atoms with Crippen LogP contribution in [0.15, 0.2) is 4.60 Å². The Morgan fingerprint density at radius 1 is 1.25 bits per heavy atom. The first-order valence-corrected chi connectivity index (χ1v) is 7.30. The van der Waals surface area contributed by atoms with Crippen molar-refractivity contribution in [1.82, 2.24) is 9.55 Å². The van der Waals surface area contributed by atoms with Crippen molar-refractivity contribution in [3.63, 3.8) is 0 Å². The van der Waals surface area contributed by atoms with Crippen molar-refractivity contribution in [3.8, 4) is 0 Å². The number of aromatic nitrogens is 2. The molecule has 3 rings (SSSR count). The van der Waals surface area contributed by atoms with Crippen LogP contribution < -0.4 is 0 Å². The van der Waals surface area contributed by atoms with Gasteiger partial charge in [0.1, 0.15) is 10.4 Å². The van der Waals surface area contributed by atoms with Crippen LogP contribution in [-0.4, -0.2) is 9.55 Å². The third-order valence-electron chi connectivity index (χ3n) is 4.14. The zero-order chi connectivity index (χ0) is 11.1. The monoisotopic (exact) mass is 282 g/mol. The van der Waals surface area contributed by atoms with Crippen molar-refractivity contribution in [2.45, 2.75) is 57.9 Å². The Kier molecular flexibility index (Phi) is 2.82. The first-order valence-electron chi connectivity index (χ1n) is 6.50. The number of imidazole rings is 1. The molecule has 0 bridgehead atoms. The van der Waals surface area contributed by atoms with Gasteiger partial charge in [-0.3, -0.25) is 0 Å². The summed E-state index contributed by atoms with van der Waals surface area (Å²) in [5.74, 6) is 2.91. The molecule has 0 aromatic carbocycles. The molecule has 0 spiro atoms. The molecule has 1 fully saturated rings. The molecule has 0 amide bonds. The van der Waals surface area contributed by atoms with Crippen molar-refractivity contribution in [2.75, 3.05) is 0 Å². The van der Waals surface area contributed by atoms with E-state index < -0.39 is 0 Å². The molecule has 1 aliphatic heterocycles. The highest BCUT2D eigenvalue weighted by atomic mass is 79.9. The second kappa shape index (κ2) is 4.17. The van der Waals surface area contributed by atoms with E-state index in [4.69, 9.17) is 4.98 Å². The summed E-state index contributed by atoms with van der Waals surface area (Å²) >= 11 is 3.64. The molecule has 0 N–H and O–H groups in total. The summed E-state index contributed by atoms with van der Waals surface area (Å²) in [6, 6.07) is 0. The van der Waals surface area contributed by atoms with E-state index >= 15 is 0 Å². The second-order valence-corrected chi connectivity index (χ2v) is 6.19. The number of rotatable bonds is 1. The van der Waals surface area contributed by atoms with Crippen LogP contribution in [0.4, 0.5) is 0 Å². The van der Waals surface area contributed by atoms with Crippen molar-refractivity contribution in [1.29, 1.82) is 0 Å². The van der Waals surface area contributed by atoms with Gasteiger partial charge in [-0.05, 0) is 47.5 Å². The number of hydrogen-bond donors (Lipinski definition) is 0. The summed E-state index contributed by atoms with van der Waals surface area (Å²) in [4.78, 5) is 4.79. The Hall–Kier alpha value is -0.310. The van der Waals surface area contributed by atoms with Gasteiger partial charge in [0.2, 0.25) is 0 Å². The quantitative estimate of drug-likeness (QED) is 0.764. The van der Waals surface area contributed by atoms with E-state index in [1.807, 2.05) is 0 Å². The lowest BCUT2D eigenvalue weighted by Gasteiger charge is -2.24. The molecule has 1 aromatic heterocycles. The summed E-state index contributed by atoms with van der Waals surface area (Å²) in [5, 5.41) is 0. The minimum absolute atomic E-state index is 0.732. The normalized spacial score (nSPS) is 26.0. The fourth-order valence-corrected chi connectivity index (χ4v) is 3.79. The maximum absolute atomic E-state index is 4.79. The number of halogens is 1. The molecular formula is C13H19BrN2. The molecule has 16 heavy (non-hydrogen) atoms. The Bertz CT molecular complexity index is 391. The predicted molar refractivity (Wildman–Crippen MR) is 68.6 cm³/mol. The predicted octanol–water partition coefficient (Wildman–Crippen LogP) is 3.89. The van der Waals surface area contributed by atoms with Crippen molar-refractivity contribution in [3.05, 3.63) is 16.1 Å². The topological polar surface area (TPSA) is 17.8 Å². The molecule has 0 radical (unpaired) electrons. The van der Waals surface area contributed by atoms with Crippen LogP contribution >= 0.6 is 15.9 Å². The Balaban J connectivity index is 1.98. The van der Waals surface area contributed by atoms with Crippen LogP contribution in [0.25, 0.3) is 0 Å². The maximum atomic E-state index is 4.79. The average Bonchev–Trinajstić information content (AvgIpc) is 2.86. The van der Waals surface area contributed by atoms with E-state index in [0.29, 0.717) is 0 Å². The summed E-state index contributed by atoms with van der Waals surface area (Å²) < 4.78 is 3.62. The molecule has 0 saturated heterocycles. The lowest BCUT2D eigenvalue weighted by molar-refractivity contribution is 0.383. The van der Waals surface area contributed by atoms with Gasteiger partial charge in [0.15, 0.2) is 0 Å². The zero-order valence-electron chi connectivity index (χ0n) is 9.88. The van der Waals surface area contributed by atoms with Gasteiger partial charge in [0.25, 0.3) is 0 Å². The highest BCUT2D eigenvalue weighted by molar-refractivity contribution is 9.10. The highest BCUT2D eigenvalue weighted by Gasteiger charge is 2.28. The van der Waals surface area contributed by atoms with Crippen LogP contribution in [-0.2, 0) is 13.0 Å². The van der Waals surface area contributed by atoms with Gasteiger partial charge in [-0.2, -0.15) is 0 Å². The number of nitrogens with zero attached hydrogens (tertiary/aromatic N) is 2. The lowest BCUT2D eigenvalue weighted by Crippen LogP contribution is -2.20. The molecule has 1 aliphatic carbocycles. The molecule has 1 atom stereocenters. The minimum Gasteiger partial charge on any atom is -0.330 e. The van der Waals surface area contributed by atoms with Gasteiger partial charge in [-0.15, -0.1) is 0 Å². The summed E-state index contributed by atoms with van der Waals surface area (Å²) in [6.07, 6.45) is 7.98. The molecule has 1 saturated carbocycles. The average molecular weight is 283 g/mol. The summed E-state index contributed by atoms with van der Waals surface area (Å²) in [7, 11) is 0. The molecule has 3 heteroatoms. The van der Waals surface area contributed by atoms with Crippen molar-refractivity contribution >= 4 is 15.9 Å². The molecule has 2 nitrogen and oxygen atoms in total. The summed E-state index contributed by atoms with van der Waals surface area (Å²) in [5.41, 5.74) is 1.44.